The quantitative estimate of drug-likeness (QED) is 0.746. The lowest BCUT2D eigenvalue weighted by Crippen LogP contribution is -2.41. The van der Waals surface area contributed by atoms with E-state index in [0.717, 1.165) is 12.8 Å². The van der Waals surface area contributed by atoms with Crippen molar-refractivity contribution in [3.63, 3.8) is 0 Å². The fourth-order valence-corrected chi connectivity index (χ4v) is 4.38. The van der Waals surface area contributed by atoms with Gasteiger partial charge in [0, 0.05) is 6.04 Å². The van der Waals surface area contributed by atoms with Crippen LogP contribution in [0.3, 0.4) is 0 Å². The minimum Gasteiger partial charge on any atom is -0.481 e. The zero-order chi connectivity index (χ0) is 16.8. The molecule has 128 valence electrons. The molecule has 2 aliphatic heterocycles. The summed E-state index contributed by atoms with van der Waals surface area (Å²) in [4.78, 5) is 36.3. The van der Waals surface area contributed by atoms with Crippen molar-refractivity contribution < 1.29 is 24.2 Å². The predicted molar refractivity (Wildman–Crippen MR) is 85.9 cm³/mol. The first-order valence-electron chi connectivity index (χ1n) is 8.12. The molecule has 0 aromatic carbocycles. The van der Waals surface area contributed by atoms with Crippen LogP contribution >= 0.6 is 11.3 Å². The zero-order valence-electron chi connectivity index (χ0n) is 12.9. The van der Waals surface area contributed by atoms with E-state index in [9.17, 15) is 19.5 Å². The van der Waals surface area contributed by atoms with E-state index >= 15 is 0 Å². The van der Waals surface area contributed by atoms with Crippen LogP contribution < -0.4 is 10.6 Å². The third kappa shape index (κ3) is 2.69. The number of thiophene rings is 1. The summed E-state index contributed by atoms with van der Waals surface area (Å²) in [6.07, 6.45) is 2.62. The van der Waals surface area contributed by atoms with Crippen LogP contribution in [0, 0.1) is 11.8 Å². The molecule has 3 heterocycles. The highest BCUT2D eigenvalue weighted by molar-refractivity contribution is 7.14. The Morgan fingerprint density at radius 1 is 1.12 bits per heavy atom. The van der Waals surface area contributed by atoms with Crippen molar-refractivity contribution in [2.24, 2.45) is 11.8 Å². The average molecular weight is 350 g/mol. The van der Waals surface area contributed by atoms with Gasteiger partial charge in [0.2, 0.25) is 5.91 Å². The number of nitrogens with one attached hydrogen (secondary N) is 2. The minimum absolute atomic E-state index is 0.201. The van der Waals surface area contributed by atoms with E-state index in [1.165, 1.54) is 11.3 Å². The lowest BCUT2D eigenvalue weighted by molar-refractivity contribution is -0.147. The predicted octanol–water partition coefficient (Wildman–Crippen LogP) is 1.46. The smallest absolute Gasteiger partial charge is 0.310 e. The van der Waals surface area contributed by atoms with E-state index in [1.54, 1.807) is 11.4 Å². The normalized spacial score (nSPS) is 31.0. The first kappa shape index (κ1) is 15.6. The van der Waals surface area contributed by atoms with Crippen LogP contribution in [0.4, 0.5) is 5.00 Å². The van der Waals surface area contributed by atoms with Gasteiger partial charge in [-0.15, -0.1) is 11.3 Å². The van der Waals surface area contributed by atoms with E-state index in [2.05, 4.69) is 10.6 Å². The van der Waals surface area contributed by atoms with Crippen LogP contribution in [0.5, 0.6) is 0 Å². The van der Waals surface area contributed by atoms with Gasteiger partial charge in [-0.05, 0) is 37.1 Å². The summed E-state index contributed by atoms with van der Waals surface area (Å²) >= 11 is 1.26. The Kier molecular flexibility index (Phi) is 3.80. The molecule has 1 aliphatic carbocycles. The van der Waals surface area contributed by atoms with Crippen molar-refractivity contribution in [3.8, 4) is 0 Å². The van der Waals surface area contributed by atoms with E-state index in [0.29, 0.717) is 23.4 Å². The molecule has 0 spiro atoms. The molecule has 0 radical (unpaired) electrons. The minimum atomic E-state index is -1.000. The lowest BCUT2D eigenvalue weighted by atomic mass is 9.79. The van der Waals surface area contributed by atoms with Crippen LogP contribution in [0.2, 0.25) is 0 Å². The monoisotopic (exact) mass is 350 g/mol. The molecule has 0 unspecified atom stereocenters. The van der Waals surface area contributed by atoms with Gasteiger partial charge in [0.05, 0.1) is 29.6 Å². The SMILES string of the molecule is O=C(NC1CC1)c1ccsc1NC(=O)[C@@H]1[C@@H](C(=O)O)[C@@H]2CC[C@@H]1O2. The summed E-state index contributed by atoms with van der Waals surface area (Å²) < 4.78 is 5.62. The fraction of sp³-hybridized carbons (Fsp3) is 0.562. The van der Waals surface area contributed by atoms with E-state index in [1.807, 2.05) is 0 Å². The first-order chi connectivity index (χ1) is 11.5. The summed E-state index contributed by atoms with van der Waals surface area (Å²) in [7, 11) is 0. The first-order valence-corrected chi connectivity index (χ1v) is 9.00. The summed E-state index contributed by atoms with van der Waals surface area (Å²) in [6.45, 7) is 0. The maximum atomic E-state index is 12.6. The van der Waals surface area contributed by atoms with Gasteiger partial charge in [-0.25, -0.2) is 0 Å². The van der Waals surface area contributed by atoms with Crippen molar-refractivity contribution >= 4 is 34.1 Å². The van der Waals surface area contributed by atoms with Crippen LogP contribution in [0.25, 0.3) is 0 Å². The standard InChI is InChI=1S/C16H18N2O5S/c19-13(17-7-1-2-7)8-5-6-24-15(8)18-14(20)11-9-3-4-10(23-9)12(11)16(21)22/h5-7,9-12H,1-4H2,(H,17,19)(H,18,20)(H,21,22)/t9-,10-,11-,12-/m0/s1. The van der Waals surface area contributed by atoms with Gasteiger partial charge in [0.1, 0.15) is 5.00 Å². The fourth-order valence-electron chi connectivity index (χ4n) is 3.60. The lowest BCUT2D eigenvalue weighted by Gasteiger charge is -2.23. The topological polar surface area (TPSA) is 105 Å². The molecule has 3 fully saturated rings. The van der Waals surface area contributed by atoms with Crippen molar-refractivity contribution in [1.82, 2.24) is 5.32 Å². The number of anilines is 1. The Morgan fingerprint density at radius 2 is 1.83 bits per heavy atom. The third-order valence-electron chi connectivity index (χ3n) is 4.92. The Morgan fingerprint density at radius 3 is 2.50 bits per heavy atom. The largest absolute Gasteiger partial charge is 0.481 e. The van der Waals surface area contributed by atoms with E-state index in [-0.39, 0.29) is 30.1 Å². The highest BCUT2D eigenvalue weighted by atomic mass is 32.1. The molecule has 7 nitrogen and oxygen atoms in total. The maximum absolute atomic E-state index is 12.6. The molecular weight excluding hydrogens is 332 g/mol. The van der Waals surface area contributed by atoms with Crippen molar-refractivity contribution in [3.05, 3.63) is 17.0 Å². The number of rotatable bonds is 5. The third-order valence-corrected chi connectivity index (χ3v) is 5.75. The van der Waals surface area contributed by atoms with Crippen molar-refractivity contribution in [2.75, 3.05) is 5.32 Å². The summed E-state index contributed by atoms with van der Waals surface area (Å²) in [5.74, 6) is -3.10. The molecule has 1 saturated carbocycles. The number of fused-ring (bicyclic) bond motifs is 2. The number of carbonyl (C=O) groups is 3. The second-order valence-electron chi connectivity index (χ2n) is 6.58. The van der Waals surface area contributed by atoms with Gasteiger partial charge in [0.25, 0.3) is 5.91 Å². The molecule has 8 heteroatoms. The van der Waals surface area contributed by atoms with Gasteiger partial charge < -0.3 is 20.5 Å². The Balaban J connectivity index is 1.49. The molecule has 2 bridgehead atoms. The van der Waals surface area contributed by atoms with Crippen LogP contribution in [-0.2, 0) is 14.3 Å². The van der Waals surface area contributed by atoms with Gasteiger partial charge in [-0.2, -0.15) is 0 Å². The zero-order valence-corrected chi connectivity index (χ0v) is 13.7. The molecule has 24 heavy (non-hydrogen) atoms. The Labute approximate surface area is 142 Å². The number of amides is 2. The molecule has 4 rings (SSSR count). The molecule has 3 aliphatic rings. The summed E-state index contributed by atoms with van der Waals surface area (Å²) in [6, 6.07) is 1.90. The molecule has 2 amide bonds. The molecule has 1 aromatic heterocycles. The van der Waals surface area contributed by atoms with Gasteiger partial charge in [-0.3, -0.25) is 14.4 Å². The number of ether oxygens (including phenoxy) is 1. The van der Waals surface area contributed by atoms with Crippen molar-refractivity contribution in [2.45, 2.75) is 43.9 Å². The second-order valence-corrected chi connectivity index (χ2v) is 7.50. The summed E-state index contributed by atoms with van der Waals surface area (Å²) in [5, 5.41) is 17.3. The van der Waals surface area contributed by atoms with Gasteiger partial charge in [-0.1, -0.05) is 0 Å². The molecule has 2 saturated heterocycles. The van der Waals surface area contributed by atoms with Crippen LogP contribution in [-0.4, -0.2) is 41.1 Å². The number of carboxylic acids is 1. The summed E-state index contributed by atoms with van der Waals surface area (Å²) in [5.41, 5.74) is 0.427. The number of carboxylic acid groups (broad SMARTS) is 1. The van der Waals surface area contributed by atoms with E-state index in [4.69, 9.17) is 4.74 Å². The highest BCUT2D eigenvalue weighted by Crippen LogP contribution is 2.44. The average Bonchev–Trinajstić information content (AvgIpc) is 2.98. The molecule has 1 aromatic rings. The number of hydrogen-bond donors (Lipinski definition) is 3. The van der Waals surface area contributed by atoms with Crippen LogP contribution in [0.1, 0.15) is 36.0 Å². The Hall–Kier alpha value is -1.93. The van der Waals surface area contributed by atoms with Gasteiger partial charge in [0.15, 0.2) is 0 Å². The maximum Gasteiger partial charge on any atom is 0.310 e. The Bertz CT molecular complexity index is 698. The molecular formula is C16H18N2O5S. The van der Waals surface area contributed by atoms with Gasteiger partial charge >= 0.3 is 5.97 Å². The highest BCUT2D eigenvalue weighted by Gasteiger charge is 2.55. The van der Waals surface area contributed by atoms with Crippen molar-refractivity contribution in [1.29, 1.82) is 0 Å². The number of aliphatic carboxylic acids is 1. The number of hydrogen-bond acceptors (Lipinski definition) is 5. The van der Waals surface area contributed by atoms with E-state index < -0.39 is 17.8 Å². The molecule has 3 N–H and O–H groups in total. The molecule has 4 atom stereocenters. The number of carbonyl (C=O) groups excluding carboxylic acids is 2. The van der Waals surface area contributed by atoms with Crippen LogP contribution in [0.15, 0.2) is 11.4 Å². The second kappa shape index (κ2) is 5.86.